The van der Waals surface area contributed by atoms with Crippen LogP contribution in [-0.4, -0.2) is 84.3 Å². The second-order valence-corrected chi connectivity index (χ2v) is 14.3. The number of hydroxylamine groups is 1. The van der Waals surface area contributed by atoms with Crippen molar-refractivity contribution in [2.45, 2.75) is 72.5 Å². The van der Waals surface area contributed by atoms with Gasteiger partial charge in [0.15, 0.2) is 5.79 Å². The number of amides is 2. The average Bonchev–Trinajstić information content (AvgIpc) is 3.13. The lowest BCUT2D eigenvalue weighted by Crippen LogP contribution is -2.68. The van der Waals surface area contributed by atoms with Crippen molar-refractivity contribution in [3.8, 4) is 5.75 Å². The van der Waals surface area contributed by atoms with Crippen LogP contribution in [-0.2, 0) is 34.0 Å². The zero-order chi connectivity index (χ0) is 28.8. The van der Waals surface area contributed by atoms with Crippen LogP contribution in [0.5, 0.6) is 5.75 Å². The Bertz CT molecular complexity index is 1230. The number of hydrogen-bond donors (Lipinski definition) is 0. The van der Waals surface area contributed by atoms with Gasteiger partial charge in [-0.1, -0.05) is 40.9 Å². The summed E-state index contributed by atoms with van der Waals surface area (Å²) in [4.78, 5) is 35.3. The third-order valence-electron chi connectivity index (χ3n) is 9.33. The fraction of sp³-hybridized carbons (Fsp3) is 0.704. The molecular weight excluding hydrogens is 587 g/mol. The first kappa shape index (κ1) is 28.6. The summed E-state index contributed by atoms with van der Waals surface area (Å²) in [6.07, 6.45) is -0.657. The van der Waals surface area contributed by atoms with Gasteiger partial charge in [0.05, 0.1) is 45.3 Å². The number of nitrogens with zero attached hydrogens (tertiary/aromatic N) is 2. The van der Waals surface area contributed by atoms with Gasteiger partial charge in [-0.2, -0.15) is 5.06 Å². The van der Waals surface area contributed by atoms with Gasteiger partial charge in [0, 0.05) is 23.9 Å². The number of rotatable bonds is 3. The van der Waals surface area contributed by atoms with Crippen molar-refractivity contribution in [2.24, 2.45) is 11.8 Å². The minimum absolute atomic E-state index is 0.0595. The molecule has 7 rings (SSSR count). The Labute approximate surface area is 247 Å². The van der Waals surface area contributed by atoms with Crippen LogP contribution in [0.2, 0.25) is 0 Å². The SMILES string of the molecule is COc1ccc2c(c1)N(OC)C(=O)C21C[C@H]2[C@@H]3COC1C[C@H]3[C@@]1(CN2C(=O)OCC(Cl)(Cl)Cl)OC(C)(C)O[C@@H]1C. The van der Waals surface area contributed by atoms with Gasteiger partial charge in [0.1, 0.15) is 23.4 Å². The molecule has 2 unspecified atom stereocenters. The zero-order valence-electron chi connectivity index (χ0n) is 22.9. The summed E-state index contributed by atoms with van der Waals surface area (Å²) in [6, 6.07) is 5.06. The topological polar surface area (TPSA) is 96.0 Å². The fourth-order valence-electron chi connectivity index (χ4n) is 7.89. The Morgan fingerprint density at radius 2 is 1.98 bits per heavy atom. The Hall–Kier alpha value is -1.53. The molecule has 5 fully saturated rings. The summed E-state index contributed by atoms with van der Waals surface area (Å²) in [7, 11) is 3.02. The first-order valence-electron chi connectivity index (χ1n) is 13.3. The van der Waals surface area contributed by atoms with E-state index in [2.05, 4.69) is 0 Å². The molecule has 13 heteroatoms. The van der Waals surface area contributed by atoms with Gasteiger partial charge in [0.2, 0.25) is 3.79 Å². The van der Waals surface area contributed by atoms with E-state index in [0.29, 0.717) is 30.9 Å². The number of anilines is 1. The lowest BCUT2D eigenvalue weighted by molar-refractivity contribution is -0.216. The number of benzene rings is 1. The number of hydrogen-bond acceptors (Lipinski definition) is 8. The van der Waals surface area contributed by atoms with E-state index in [-0.39, 0.29) is 30.4 Å². The number of fused-ring (bicyclic) bond motifs is 2. The maximum Gasteiger partial charge on any atom is 0.410 e. The van der Waals surface area contributed by atoms with Crippen LogP contribution in [0.25, 0.3) is 0 Å². The van der Waals surface area contributed by atoms with Crippen molar-refractivity contribution in [1.29, 1.82) is 0 Å². The summed E-state index contributed by atoms with van der Waals surface area (Å²) in [6.45, 7) is 5.79. The highest BCUT2D eigenvalue weighted by Gasteiger charge is 2.71. The van der Waals surface area contributed by atoms with E-state index in [1.807, 2.05) is 32.9 Å². The molecule has 7 atom stereocenters. The van der Waals surface area contributed by atoms with Crippen molar-refractivity contribution in [2.75, 3.05) is 39.0 Å². The van der Waals surface area contributed by atoms with Gasteiger partial charge in [-0.3, -0.25) is 9.63 Å². The number of likely N-dealkylation sites (tertiary alicyclic amines) is 1. The van der Waals surface area contributed by atoms with Gasteiger partial charge in [0.25, 0.3) is 5.91 Å². The molecule has 220 valence electrons. The summed E-state index contributed by atoms with van der Waals surface area (Å²) in [5.41, 5.74) is -0.629. The molecule has 6 aliphatic rings. The van der Waals surface area contributed by atoms with Crippen LogP contribution in [0.15, 0.2) is 18.2 Å². The monoisotopic (exact) mass is 618 g/mol. The lowest BCUT2D eigenvalue weighted by atomic mass is 9.67. The maximum absolute atomic E-state index is 14.4. The molecule has 5 aliphatic heterocycles. The first-order valence-corrected chi connectivity index (χ1v) is 14.5. The minimum atomic E-state index is -1.78. The number of halogens is 3. The highest BCUT2D eigenvalue weighted by molar-refractivity contribution is 6.67. The molecular formula is C27H33Cl3N2O8. The minimum Gasteiger partial charge on any atom is -0.497 e. The van der Waals surface area contributed by atoms with Gasteiger partial charge in [-0.05, 0) is 45.2 Å². The van der Waals surface area contributed by atoms with Crippen LogP contribution in [0.1, 0.15) is 39.2 Å². The van der Waals surface area contributed by atoms with E-state index in [1.54, 1.807) is 18.1 Å². The van der Waals surface area contributed by atoms with E-state index >= 15 is 0 Å². The van der Waals surface area contributed by atoms with Crippen LogP contribution in [0, 0.1) is 11.8 Å². The zero-order valence-corrected chi connectivity index (χ0v) is 25.2. The Morgan fingerprint density at radius 3 is 2.60 bits per heavy atom. The number of ether oxygens (including phenoxy) is 5. The van der Waals surface area contributed by atoms with Crippen LogP contribution >= 0.6 is 34.8 Å². The summed E-state index contributed by atoms with van der Waals surface area (Å²) < 4.78 is 28.6. The fourth-order valence-corrected chi connectivity index (χ4v) is 8.05. The van der Waals surface area contributed by atoms with Gasteiger partial charge >= 0.3 is 6.09 Å². The molecule has 5 heterocycles. The van der Waals surface area contributed by atoms with E-state index < -0.39 is 45.4 Å². The molecule has 1 saturated carbocycles. The van der Waals surface area contributed by atoms with Crippen molar-refractivity contribution in [3.05, 3.63) is 23.8 Å². The van der Waals surface area contributed by atoms with Crippen molar-refractivity contribution in [1.82, 2.24) is 4.90 Å². The largest absolute Gasteiger partial charge is 0.497 e. The van der Waals surface area contributed by atoms with Crippen LogP contribution in [0.4, 0.5) is 10.5 Å². The van der Waals surface area contributed by atoms with Crippen LogP contribution in [0.3, 0.4) is 0 Å². The molecule has 4 saturated heterocycles. The first-order chi connectivity index (χ1) is 18.8. The predicted molar refractivity (Wildman–Crippen MR) is 146 cm³/mol. The quantitative estimate of drug-likeness (QED) is 0.461. The molecule has 1 aromatic rings. The molecule has 2 amide bonds. The van der Waals surface area contributed by atoms with E-state index in [1.165, 1.54) is 12.2 Å². The van der Waals surface area contributed by atoms with Crippen molar-refractivity contribution in [3.63, 3.8) is 0 Å². The molecule has 40 heavy (non-hydrogen) atoms. The van der Waals surface area contributed by atoms with Crippen LogP contribution < -0.4 is 9.80 Å². The third kappa shape index (κ3) is 4.12. The molecule has 0 aromatic heterocycles. The third-order valence-corrected chi connectivity index (χ3v) is 9.65. The highest BCUT2D eigenvalue weighted by atomic mass is 35.6. The molecule has 4 bridgehead atoms. The number of alkyl halides is 3. The number of piperidine rings is 1. The van der Waals surface area contributed by atoms with Crippen molar-refractivity contribution >= 4 is 52.5 Å². The predicted octanol–water partition coefficient (Wildman–Crippen LogP) is 4.37. The van der Waals surface area contributed by atoms with Gasteiger partial charge in [-0.15, -0.1) is 0 Å². The molecule has 1 aromatic carbocycles. The second-order valence-electron chi connectivity index (χ2n) is 11.8. The molecule has 1 aliphatic carbocycles. The average molecular weight is 620 g/mol. The summed E-state index contributed by atoms with van der Waals surface area (Å²) in [5, 5.41) is 1.30. The smallest absolute Gasteiger partial charge is 0.410 e. The van der Waals surface area contributed by atoms with Gasteiger partial charge < -0.3 is 28.6 Å². The highest BCUT2D eigenvalue weighted by Crippen LogP contribution is 2.61. The molecule has 10 nitrogen and oxygen atoms in total. The van der Waals surface area contributed by atoms with E-state index in [4.69, 9.17) is 63.3 Å². The second kappa shape index (κ2) is 9.49. The molecule has 0 N–H and O–H groups in total. The van der Waals surface area contributed by atoms with Crippen molar-refractivity contribution < 1.29 is 38.1 Å². The summed E-state index contributed by atoms with van der Waals surface area (Å²) >= 11 is 17.8. The molecule has 2 spiro atoms. The number of carbonyl (C=O) groups excluding carboxylic acids is 2. The Kier molecular flexibility index (Phi) is 6.78. The van der Waals surface area contributed by atoms with Gasteiger partial charge in [-0.25, -0.2) is 4.79 Å². The molecule has 0 radical (unpaired) electrons. The Morgan fingerprint density at radius 1 is 1.23 bits per heavy atom. The maximum atomic E-state index is 14.4. The lowest BCUT2D eigenvalue weighted by Gasteiger charge is -2.54. The van der Waals surface area contributed by atoms with E-state index in [9.17, 15) is 9.59 Å². The van der Waals surface area contributed by atoms with E-state index in [0.717, 1.165) is 5.56 Å². The normalized spacial score (nSPS) is 37.7. The Balaban J connectivity index is 1.49. The number of carbonyl (C=O) groups is 2. The number of methoxy groups -OCH3 is 1. The summed E-state index contributed by atoms with van der Waals surface area (Å²) in [5.74, 6) is -0.752. The standard InChI is InChI=1S/C27H33Cl3N2O8/c1-14-26(40-24(2,3)39-14)12-31(23(34)38-13-27(28,29)30)20-10-25(21-9-18(26)16(20)11-37-21)17-7-6-15(35-4)8-19(17)32(36-5)22(25)33/h6-8,14,16,18,20-21H,9-13H2,1-5H3/t14-,16-,18-,20+,21?,25?,26+/m1/s1.